The molecular weight excluding hydrogens is 226 g/mol. The van der Waals surface area contributed by atoms with Crippen LogP contribution in [0.5, 0.6) is 5.88 Å². The van der Waals surface area contributed by atoms with Crippen LogP contribution < -0.4 is 4.74 Å². The van der Waals surface area contributed by atoms with E-state index >= 15 is 0 Å². The third-order valence-corrected chi connectivity index (χ3v) is 2.05. The highest BCUT2D eigenvalue weighted by Crippen LogP contribution is 2.26. The standard InChI is InChI=1S/C9H7ClF2N2O/c1-15-9-6(4-13)5(3-10)2-7(14-9)8(11)12/h2,8H,3H2,1H3. The fourth-order valence-electron chi connectivity index (χ4n) is 1.08. The molecule has 0 saturated carbocycles. The highest BCUT2D eigenvalue weighted by molar-refractivity contribution is 6.17. The molecule has 1 rings (SSSR count). The zero-order chi connectivity index (χ0) is 11.4. The number of hydrogen-bond acceptors (Lipinski definition) is 3. The molecule has 15 heavy (non-hydrogen) atoms. The second-order valence-electron chi connectivity index (χ2n) is 2.64. The summed E-state index contributed by atoms with van der Waals surface area (Å²) in [7, 11) is 1.26. The first-order valence-corrected chi connectivity index (χ1v) is 4.49. The van der Waals surface area contributed by atoms with Gasteiger partial charge in [-0.3, -0.25) is 0 Å². The Morgan fingerprint density at radius 1 is 1.67 bits per heavy atom. The van der Waals surface area contributed by atoms with Crippen LogP contribution >= 0.6 is 11.6 Å². The van der Waals surface area contributed by atoms with Crippen molar-refractivity contribution in [3.05, 3.63) is 22.9 Å². The van der Waals surface area contributed by atoms with Gasteiger partial charge in [-0.15, -0.1) is 11.6 Å². The molecule has 80 valence electrons. The molecule has 0 saturated heterocycles. The maximum Gasteiger partial charge on any atom is 0.280 e. The number of rotatable bonds is 3. The topological polar surface area (TPSA) is 45.9 Å². The Morgan fingerprint density at radius 3 is 2.73 bits per heavy atom. The van der Waals surface area contributed by atoms with Crippen LogP contribution in [0.15, 0.2) is 6.07 Å². The van der Waals surface area contributed by atoms with Crippen LogP contribution in [0, 0.1) is 11.3 Å². The molecule has 6 heteroatoms. The van der Waals surface area contributed by atoms with E-state index in [-0.39, 0.29) is 17.3 Å². The van der Waals surface area contributed by atoms with E-state index < -0.39 is 12.1 Å². The Morgan fingerprint density at radius 2 is 2.33 bits per heavy atom. The van der Waals surface area contributed by atoms with Gasteiger partial charge in [0.25, 0.3) is 6.43 Å². The molecule has 0 aliphatic carbocycles. The Bertz CT molecular complexity index is 379. The number of nitriles is 1. The van der Waals surface area contributed by atoms with Crippen LogP contribution in [-0.2, 0) is 5.88 Å². The van der Waals surface area contributed by atoms with Crippen molar-refractivity contribution >= 4 is 11.6 Å². The number of nitrogens with zero attached hydrogens (tertiary/aromatic N) is 2. The van der Waals surface area contributed by atoms with Crippen molar-refractivity contribution in [2.24, 2.45) is 0 Å². The third-order valence-electron chi connectivity index (χ3n) is 1.76. The number of pyridine rings is 1. The van der Waals surface area contributed by atoms with E-state index in [0.29, 0.717) is 5.56 Å². The molecule has 3 nitrogen and oxygen atoms in total. The number of ether oxygens (including phenoxy) is 1. The van der Waals surface area contributed by atoms with Crippen molar-refractivity contribution < 1.29 is 13.5 Å². The maximum atomic E-state index is 12.4. The van der Waals surface area contributed by atoms with E-state index in [2.05, 4.69) is 4.98 Å². The molecule has 0 fully saturated rings. The largest absolute Gasteiger partial charge is 0.480 e. The first kappa shape index (κ1) is 11.7. The molecule has 0 unspecified atom stereocenters. The van der Waals surface area contributed by atoms with Crippen LogP contribution in [0.4, 0.5) is 8.78 Å². The van der Waals surface area contributed by atoms with Gasteiger partial charge in [0.05, 0.1) is 7.11 Å². The van der Waals surface area contributed by atoms with Gasteiger partial charge < -0.3 is 4.74 Å². The molecule has 0 aromatic carbocycles. The zero-order valence-corrected chi connectivity index (χ0v) is 8.55. The average Bonchev–Trinajstić information content (AvgIpc) is 2.26. The van der Waals surface area contributed by atoms with Crippen LogP contribution in [0.1, 0.15) is 23.2 Å². The van der Waals surface area contributed by atoms with Crippen LogP contribution in [0.25, 0.3) is 0 Å². The second-order valence-corrected chi connectivity index (χ2v) is 2.90. The third kappa shape index (κ3) is 2.34. The number of methoxy groups -OCH3 is 1. The van der Waals surface area contributed by atoms with Crippen LogP contribution in [0.3, 0.4) is 0 Å². The van der Waals surface area contributed by atoms with Crippen molar-refractivity contribution in [1.82, 2.24) is 4.98 Å². The van der Waals surface area contributed by atoms with Crippen molar-refractivity contribution in [3.63, 3.8) is 0 Å². The summed E-state index contributed by atoms with van der Waals surface area (Å²) in [5.74, 6) is -0.160. The van der Waals surface area contributed by atoms with Crippen molar-refractivity contribution in [1.29, 1.82) is 5.26 Å². The van der Waals surface area contributed by atoms with E-state index in [1.54, 1.807) is 0 Å². The first-order valence-electron chi connectivity index (χ1n) is 3.96. The predicted molar refractivity (Wildman–Crippen MR) is 50.0 cm³/mol. The van der Waals surface area contributed by atoms with Gasteiger partial charge in [0.1, 0.15) is 17.3 Å². The molecule has 1 aromatic rings. The lowest BCUT2D eigenvalue weighted by molar-refractivity contribution is 0.145. The minimum absolute atomic E-state index is 0.0402. The van der Waals surface area contributed by atoms with Gasteiger partial charge >= 0.3 is 0 Å². The Hall–Kier alpha value is -1.41. The molecule has 0 aliphatic rings. The smallest absolute Gasteiger partial charge is 0.280 e. The molecule has 1 heterocycles. The second kappa shape index (κ2) is 4.89. The van der Waals surface area contributed by atoms with Crippen molar-refractivity contribution in [3.8, 4) is 11.9 Å². The maximum absolute atomic E-state index is 12.4. The molecule has 0 amide bonds. The van der Waals surface area contributed by atoms with Crippen LogP contribution in [-0.4, -0.2) is 12.1 Å². The highest BCUT2D eigenvalue weighted by atomic mass is 35.5. The van der Waals surface area contributed by atoms with Gasteiger partial charge in [-0.2, -0.15) is 5.26 Å². The minimum Gasteiger partial charge on any atom is -0.480 e. The Labute approximate surface area is 90.3 Å². The summed E-state index contributed by atoms with van der Waals surface area (Å²) in [5, 5.41) is 8.77. The normalized spacial score (nSPS) is 10.1. The van der Waals surface area contributed by atoms with Gasteiger partial charge in [0.2, 0.25) is 5.88 Å². The van der Waals surface area contributed by atoms with Crippen molar-refractivity contribution in [2.75, 3.05) is 7.11 Å². The number of halogens is 3. The quantitative estimate of drug-likeness (QED) is 0.753. The lowest BCUT2D eigenvalue weighted by Gasteiger charge is -2.08. The Kier molecular flexibility index (Phi) is 3.81. The van der Waals surface area contributed by atoms with Crippen LogP contribution in [0.2, 0.25) is 0 Å². The fourth-order valence-corrected chi connectivity index (χ4v) is 1.29. The van der Waals surface area contributed by atoms with Gasteiger partial charge in [-0.25, -0.2) is 13.8 Å². The van der Waals surface area contributed by atoms with E-state index in [9.17, 15) is 8.78 Å². The summed E-state index contributed by atoms with van der Waals surface area (Å²) >= 11 is 5.54. The molecular formula is C9H7ClF2N2O. The first-order chi connectivity index (χ1) is 7.13. The highest BCUT2D eigenvalue weighted by Gasteiger charge is 2.17. The molecule has 0 spiro atoms. The zero-order valence-electron chi connectivity index (χ0n) is 7.80. The van der Waals surface area contributed by atoms with Gasteiger partial charge in [0, 0.05) is 5.88 Å². The van der Waals surface area contributed by atoms with Gasteiger partial charge in [-0.05, 0) is 11.6 Å². The molecule has 0 aliphatic heterocycles. The molecule has 0 radical (unpaired) electrons. The van der Waals surface area contributed by atoms with E-state index in [0.717, 1.165) is 6.07 Å². The van der Waals surface area contributed by atoms with Gasteiger partial charge in [0.15, 0.2) is 0 Å². The summed E-state index contributed by atoms with van der Waals surface area (Å²) in [6, 6.07) is 2.93. The number of hydrogen-bond donors (Lipinski definition) is 0. The van der Waals surface area contributed by atoms with Gasteiger partial charge in [-0.1, -0.05) is 0 Å². The minimum atomic E-state index is -2.71. The molecule has 1 aromatic heterocycles. The van der Waals surface area contributed by atoms with E-state index in [1.807, 2.05) is 6.07 Å². The van der Waals surface area contributed by atoms with Crippen molar-refractivity contribution in [2.45, 2.75) is 12.3 Å². The average molecular weight is 233 g/mol. The summed E-state index contributed by atoms with van der Waals surface area (Å²) in [5.41, 5.74) is -0.0558. The SMILES string of the molecule is COc1nc(C(F)F)cc(CCl)c1C#N. The van der Waals surface area contributed by atoms with E-state index in [1.165, 1.54) is 7.11 Å². The fraction of sp³-hybridized carbons (Fsp3) is 0.333. The summed E-state index contributed by atoms with van der Waals surface area (Å²) in [4.78, 5) is 3.52. The lowest BCUT2D eigenvalue weighted by atomic mass is 10.1. The summed E-state index contributed by atoms with van der Waals surface area (Å²) in [6.45, 7) is 0. The monoisotopic (exact) mass is 232 g/mol. The molecule has 0 bridgehead atoms. The van der Waals surface area contributed by atoms with E-state index in [4.69, 9.17) is 21.6 Å². The molecule has 0 atom stereocenters. The predicted octanol–water partition coefficient (Wildman–Crippen LogP) is 2.64. The summed E-state index contributed by atoms with van der Waals surface area (Å²) in [6.07, 6.45) is -2.71. The Balaban J connectivity index is 3.37. The molecule has 0 N–H and O–H groups in total. The summed E-state index contributed by atoms with van der Waals surface area (Å²) < 4.78 is 29.5. The number of alkyl halides is 3. The lowest BCUT2D eigenvalue weighted by Crippen LogP contribution is -2.01. The number of aromatic nitrogens is 1.